The van der Waals surface area contributed by atoms with Crippen molar-refractivity contribution in [3.05, 3.63) is 65.5 Å². The fraction of sp³-hybridized carbons (Fsp3) is 0.312. The van der Waals surface area contributed by atoms with E-state index in [9.17, 15) is 8.78 Å². The van der Waals surface area contributed by atoms with Crippen molar-refractivity contribution in [2.24, 2.45) is 0 Å². The third-order valence-electron chi connectivity index (χ3n) is 3.09. The van der Waals surface area contributed by atoms with E-state index in [0.29, 0.717) is 12.0 Å². The number of pyridine rings is 1. The molecule has 0 aliphatic rings. The summed E-state index contributed by atoms with van der Waals surface area (Å²) in [5, 5.41) is 3.39. The van der Waals surface area contributed by atoms with Gasteiger partial charge in [-0.25, -0.2) is 8.78 Å². The van der Waals surface area contributed by atoms with Gasteiger partial charge in [0.25, 0.3) is 0 Å². The summed E-state index contributed by atoms with van der Waals surface area (Å²) in [6.45, 7) is 2.92. The van der Waals surface area contributed by atoms with Crippen molar-refractivity contribution >= 4 is 0 Å². The number of nitrogens with one attached hydrogen (secondary N) is 1. The molecule has 0 spiro atoms. The summed E-state index contributed by atoms with van der Waals surface area (Å²) < 4.78 is 26.5. The maximum absolute atomic E-state index is 13.3. The molecule has 1 unspecified atom stereocenters. The third kappa shape index (κ3) is 4.10. The van der Waals surface area contributed by atoms with Gasteiger partial charge in [-0.2, -0.15) is 0 Å². The zero-order chi connectivity index (χ0) is 14.4. The third-order valence-corrected chi connectivity index (χ3v) is 3.09. The first-order valence-electron chi connectivity index (χ1n) is 6.77. The molecule has 1 N–H and O–H groups in total. The summed E-state index contributed by atoms with van der Waals surface area (Å²) in [5.74, 6) is -1.08. The van der Waals surface area contributed by atoms with E-state index in [4.69, 9.17) is 0 Å². The van der Waals surface area contributed by atoms with Gasteiger partial charge in [0.2, 0.25) is 0 Å². The average molecular weight is 276 g/mol. The molecule has 0 bridgehead atoms. The fourth-order valence-corrected chi connectivity index (χ4v) is 2.17. The number of halogens is 2. The fourth-order valence-electron chi connectivity index (χ4n) is 2.17. The molecule has 0 aliphatic heterocycles. The van der Waals surface area contributed by atoms with Crippen LogP contribution in [0.2, 0.25) is 0 Å². The van der Waals surface area contributed by atoms with Crippen LogP contribution in [0.1, 0.15) is 30.5 Å². The highest BCUT2D eigenvalue weighted by Crippen LogP contribution is 2.19. The Hall–Kier alpha value is -1.81. The molecule has 0 amide bonds. The normalized spacial score (nSPS) is 12.3. The first-order valence-corrected chi connectivity index (χ1v) is 6.77. The van der Waals surface area contributed by atoms with Crippen LogP contribution in [-0.4, -0.2) is 11.5 Å². The van der Waals surface area contributed by atoms with E-state index in [-0.39, 0.29) is 6.04 Å². The highest BCUT2D eigenvalue weighted by molar-refractivity contribution is 5.23. The summed E-state index contributed by atoms with van der Waals surface area (Å²) in [4.78, 5) is 4.10. The van der Waals surface area contributed by atoms with Gasteiger partial charge in [-0.3, -0.25) is 4.98 Å². The number of hydrogen-bond acceptors (Lipinski definition) is 2. The van der Waals surface area contributed by atoms with Gasteiger partial charge in [-0.1, -0.05) is 13.0 Å². The second-order valence-electron chi connectivity index (χ2n) is 4.77. The Labute approximate surface area is 117 Å². The molecular weight excluding hydrogens is 258 g/mol. The number of nitrogens with zero attached hydrogens (tertiary/aromatic N) is 1. The van der Waals surface area contributed by atoms with Gasteiger partial charge in [0.1, 0.15) is 11.6 Å². The minimum atomic E-state index is -0.541. The van der Waals surface area contributed by atoms with Crippen molar-refractivity contribution in [3.63, 3.8) is 0 Å². The Morgan fingerprint density at radius 3 is 2.55 bits per heavy atom. The molecule has 2 rings (SSSR count). The lowest BCUT2D eigenvalue weighted by atomic mass is 10.00. The van der Waals surface area contributed by atoms with Crippen LogP contribution in [0.3, 0.4) is 0 Å². The molecule has 0 saturated heterocycles. The Kier molecular flexibility index (Phi) is 5.18. The molecule has 1 atom stereocenters. The predicted molar refractivity (Wildman–Crippen MR) is 75.3 cm³/mol. The van der Waals surface area contributed by atoms with Gasteiger partial charge >= 0.3 is 0 Å². The van der Waals surface area contributed by atoms with E-state index in [0.717, 1.165) is 24.6 Å². The largest absolute Gasteiger partial charge is 0.310 e. The molecule has 20 heavy (non-hydrogen) atoms. The molecule has 0 radical (unpaired) electrons. The molecular formula is C16H18F2N2. The predicted octanol–water partition coefficient (Wildman–Crippen LogP) is 3.64. The topological polar surface area (TPSA) is 24.9 Å². The van der Waals surface area contributed by atoms with Crippen molar-refractivity contribution in [2.75, 3.05) is 6.54 Å². The van der Waals surface area contributed by atoms with Crippen LogP contribution in [-0.2, 0) is 6.42 Å². The van der Waals surface area contributed by atoms with Gasteiger partial charge < -0.3 is 5.32 Å². The molecule has 1 aromatic heterocycles. The molecule has 1 heterocycles. The Bertz CT molecular complexity index is 523. The van der Waals surface area contributed by atoms with Crippen molar-refractivity contribution in [1.82, 2.24) is 10.3 Å². The Morgan fingerprint density at radius 1 is 1.20 bits per heavy atom. The van der Waals surface area contributed by atoms with Crippen molar-refractivity contribution in [2.45, 2.75) is 25.8 Å². The highest BCUT2D eigenvalue weighted by atomic mass is 19.1. The van der Waals surface area contributed by atoms with Gasteiger partial charge in [-0.05, 0) is 48.7 Å². The first-order chi connectivity index (χ1) is 9.69. The van der Waals surface area contributed by atoms with Crippen LogP contribution in [0.15, 0.2) is 42.7 Å². The van der Waals surface area contributed by atoms with Crippen LogP contribution in [0.5, 0.6) is 0 Å². The van der Waals surface area contributed by atoms with Gasteiger partial charge in [-0.15, -0.1) is 0 Å². The molecule has 4 heteroatoms. The van der Waals surface area contributed by atoms with Crippen LogP contribution >= 0.6 is 0 Å². The number of benzene rings is 1. The van der Waals surface area contributed by atoms with Gasteiger partial charge in [0.15, 0.2) is 0 Å². The number of rotatable bonds is 6. The minimum absolute atomic E-state index is 0.00449. The standard InChI is InChI=1S/C16H18F2N2/c1-2-5-20-16(13-4-3-6-19-11-13)9-12-7-14(17)10-15(18)8-12/h3-4,6-8,10-11,16,20H,2,5,9H2,1H3. The lowest BCUT2D eigenvalue weighted by Crippen LogP contribution is -2.24. The van der Waals surface area contributed by atoms with Crippen molar-refractivity contribution < 1.29 is 8.78 Å². The molecule has 1 aromatic carbocycles. The van der Waals surface area contributed by atoms with Crippen LogP contribution in [0, 0.1) is 11.6 Å². The van der Waals surface area contributed by atoms with E-state index in [1.54, 1.807) is 12.4 Å². The summed E-state index contributed by atoms with van der Waals surface area (Å²) in [5.41, 5.74) is 1.66. The summed E-state index contributed by atoms with van der Waals surface area (Å²) in [7, 11) is 0. The highest BCUT2D eigenvalue weighted by Gasteiger charge is 2.13. The second-order valence-corrected chi connectivity index (χ2v) is 4.77. The summed E-state index contributed by atoms with van der Waals surface area (Å²) in [6.07, 6.45) is 5.01. The monoisotopic (exact) mass is 276 g/mol. The van der Waals surface area contributed by atoms with E-state index in [1.165, 1.54) is 12.1 Å². The zero-order valence-electron chi connectivity index (χ0n) is 11.4. The summed E-state index contributed by atoms with van der Waals surface area (Å²) in [6, 6.07) is 7.48. The van der Waals surface area contributed by atoms with Crippen LogP contribution < -0.4 is 5.32 Å². The molecule has 2 aromatic rings. The van der Waals surface area contributed by atoms with E-state index >= 15 is 0 Å². The average Bonchev–Trinajstić information content (AvgIpc) is 2.43. The molecule has 2 nitrogen and oxygen atoms in total. The Balaban J connectivity index is 2.19. The first kappa shape index (κ1) is 14.6. The van der Waals surface area contributed by atoms with Gasteiger partial charge in [0.05, 0.1) is 0 Å². The minimum Gasteiger partial charge on any atom is -0.310 e. The maximum atomic E-state index is 13.3. The lowest BCUT2D eigenvalue weighted by Gasteiger charge is -2.19. The zero-order valence-corrected chi connectivity index (χ0v) is 11.4. The summed E-state index contributed by atoms with van der Waals surface area (Å²) >= 11 is 0. The molecule has 0 fully saturated rings. The number of aromatic nitrogens is 1. The second kappa shape index (κ2) is 7.10. The van der Waals surface area contributed by atoms with Gasteiger partial charge in [0, 0.05) is 24.5 Å². The Morgan fingerprint density at radius 2 is 1.95 bits per heavy atom. The lowest BCUT2D eigenvalue weighted by molar-refractivity contribution is 0.521. The van der Waals surface area contributed by atoms with Crippen LogP contribution in [0.25, 0.3) is 0 Å². The quantitative estimate of drug-likeness (QED) is 0.871. The SMILES string of the molecule is CCCNC(Cc1cc(F)cc(F)c1)c1cccnc1. The smallest absolute Gasteiger partial charge is 0.126 e. The van der Waals surface area contributed by atoms with Crippen LogP contribution in [0.4, 0.5) is 8.78 Å². The van der Waals surface area contributed by atoms with E-state index in [1.807, 2.05) is 12.1 Å². The number of hydrogen-bond donors (Lipinski definition) is 1. The van der Waals surface area contributed by atoms with E-state index < -0.39 is 11.6 Å². The van der Waals surface area contributed by atoms with Crippen molar-refractivity contribution in [1.29, 1.82) is 0 Å². The molecule has 0 saturated carbocycles. The van der Waals surface area contributed by atoms with E-state index in [2.05, 4.69) is 17.2 Å². The van der Waals surface area contributed by atoms with Crippen molar-refractivity contribution in [3.8, 4) is 0 Å². The maximum Gasteiger partial charge on any atom is 0.126 e. The molecule has 106 valence electrons. The molecule has 0 aliphatic carbocycles.